The van der Waals surface area contributed by atoms with Crippen molar-refractivity contribution in [1.29, 1.82) is 5.41 Å². The molecule has 154 valence electrons. The first-order valence-corrected chi connectivity index (χ1v) is 9.36. The zero-order valence-corrected chi connectivity index (χ0v) is 16.1. The van der Waals surface area contributed by atoms with Gasteiger partial charge >= 0.3 is 5.97 Å². The van der Waals surface area contributed by atoms with Crippen molar-refractivity contribution in [2.75, 3.05) is 31.2 Å². The molecule has 6 nitrogen and oxygen atoms in total. The van der Waals surface area contributed by atoms with Gasteiger partial charge in [-0.2, -0.15) is 0 Å². The number of nitrogens with two attached hydrogens (primary N) is 1. The van der Waals surface area contributed by atoms with Gasteiger partial charge in [-0.05, 0) is 55.3 Å². The first kappa shape index (κ1) is 20.7. The lowest BCUT2D eigenvalue weighted by molar-refractivity contribution is -0.147. The van der Waals surface area contributed by atoms with Crippen LogP contribution in [0.4, 0.5) is 20.2 Å². The Morgan fingerprint density at radius 1 is 1.31 bits per heavy atom. The number of anilines is 2. The van der Waals surface area contributed by atoms with Gasteiger partial charge in [-0.3, -0.25) is 4.90 Å². The van der Waals surface area contributed by atoms with E-state index in [1.165, 1.54) is 19.4 Å². The van der Waals surface area contributed by atoms with E-state index in [-0.39, 0.29) is 6.04 Å². The zero-order valence-electron chi connectivity index (χ0n) is 16.1. The number of rotatable bonds is 6. The van der Waals surface area contributed by atoms with Gasteiger partial charge in [-0.25, -0.2) is 13.6 Å². The summed E-state index contributed by atoms with van der Waals surface area (Å²) in [6.07, 6.45) is 2.90. The molecule has 4 N–H and O–H groups in total. The first-order valence-electron chi connectivity index (χ1n) is 9.36. The van der Waals surface area contributed by atoms with Crippen LogP contribution >= 0.6 is 0 Å². The molecule has 2 atom stereocenters. The normalized spacial score (nSPS) is 18.1. The van der Waals surface area contributed by atoms with Gasteiger partial charge < -0.3 is 21.2 Å². The number of halogens is 2. The standard InChI is InChI=1S/C21H24F2N4O2/c1-29-21(28)20(13-4-6-17(22)18(23)10-13)27-8-2-3-16(12-27)26-15-5-7-19(25)14(9-15)11-24/h4-7,9-11,16,20,24,26H,2-3,8,12,25H2,1H3. The van der Waals surface area contributed by atoms with Crippen LogP contribution in [0.25, 0.3) is 0 Å². The molecule has 0 radical (unpaired) electrons. The van der Waals surface area contributed by atoms with E-state index in [1.807, 2.05) is 11.0 Å². The highest BCUT2D eigenvalue weighted by atomic mass is 19.2. The van der Waals surface area contributed by atoms with Crippen LogP contribution in [-0.2, 0) is 9.53 Å². The molecule has 0 amide bonds. The molecule has 1 fully saturated rings. The second-order valence-corrected chi connectivity index (χ2v) is 7.07. The molecule has 2 aromatic carbocycles. The quantitative estimate of drug-likeness (QED) is 0.392. The molecule has 1 aliphatic heterocycles. The lowest BCUT2D eigenvalue weighted by Crippen LogP contribution is -2.46. The Balaban J connectivity index is 1.80. The summed E-state index contributed by atoms with van der Waals surface area (Å²) in [6.45, 7) is 1.15. The van der Waals surface area contributed by atoms with Crippen LogP contribution in [0.15, 0.2) is 36.4 Å². The molecule has 0 spiro atoms. The van der Waals surface area contributed by atoms with Crippen LogP contribution in [0.2, 0.25) is 0 Å². The van der Waals surface area contributed by atoms with Gasteiger partial charge in [-0.15, -0.1) is 0 Å². The molecule has 1 saturated heterocycles. The summed E-state index contributed by atoms with van der Waals surface area (Å²) in [5, 5.41) is 10.8. The summed E-state index contributed by atoms with van der Waals surface area (Å²) < 4.78 is 32.0. The van der Waals surface area contributed by atoms with Gasteiger partial charge in [0.2, 0.25) is 0 Å². The lowest BCUT2D eigenvalue weighted by Gasteiger charge is -2.37. The molecular formula is C21H24F2N4O2. The van der Waals surface area contributed by atoms with Crippen molar-refractivity contribution in [3.8, 4) is 0 Å². The van der Waals surface area contributed by atoms with E-state index >= 15 is 0 Å². The fourth-order valence-corrected chi connectivity index (χ4v) is 3.67. The molecule has 1 aliphatic rings. The number of carbonyl (C=O) groups is 1. The Bertz CT molecular complexity index is 906. The second kappa shape index (κ2) is 9.00. The molecule has 0 bridgehead atoms. The molecule has 2 aromatic rings. The molecule has 3 rings (SSSR count). The summed E-state index contributed by atoms with van der Waals surface area (Å²) >= 11 is 0. The minimum atomic E-state index is -0.996. The van der Waals surface area contributed by atoms with E-state index in [0.29, 0.717) is 29.9 Å². The fourth-order valence-electron chi connectivity index (χ4n) is 3.67. The Morgan fingerprint density at radius 2 is 2.10 bits per heavy atom. The van der Waals surface area contributed by atoms with Crippen molar-refractivity contribution in [3.05, 3.63) is 59.2 Å². The van der Waals surface area contributed by atoms with E-state index in [9.17, 15) is 13.6 Å². The number of benzene rings is 2. The molecule has 0 aromatic heterocycles. The highest BCUT2D eigenvalue weighted by molar-refractivity contribution is 5.86. The smallest absolute Gasteiger partial charge is 0.327 e. The van der Waals surface area contributed by atoms with Gasteiger partial charge in [0.1, 0.15) is 6.04 Å². The number of nitrogens with one attached hydrogen (secondary N) is 2. The van der Waals surface area contributed by atoms with Crippen LogP contribution in [0.5, 0.6) is 0 Å². The third-order valence-corrected chi connectivity index (χ3v) is 5.11. The number of piperidine rings is 1. The number of hydrogen-bond donors (Lipinski definition) is 3. The molecular weight excluding hydrogens is 378 g/mol. The molecule has 1 heterocycles. The SMILES string of the molecule is COC(=O)C(c1ccc(F)c(F)c1)N1CCCC(Nc2ccc(N)c(C=N)c2)C1. The maximum atomic E-state index is 13.8. The van der Waals surface area contributed by atoms with E-state index in [0.717, 1.165) is 30.7 Å². The summed E-state index contributed by atoms with van der Waals surface area (Å²) in [7, 11) is 1.28. The number of nitrogen functional groups attached to an aromatic ring is 1. The van der Waals surface area contributed by atoms with E-state index in [4.69, 9.17) is 15.9 Å². The van der Waals surface area contributed by atoms with Gasteiger partial charge in [0, 0.05) is 35.7 Å². The number of hydrogen-bond acceptors (Lipinski definition) is 6. The van der Waals surface area contributed by atoms with E-state index in [1.54, 1.807) is 12.1 Å². The molecule has 29 heavy (non-hydrogen) atoms. The van der Waals surface area contributed by atoms with E-state index < -0.39 is 23.6 Å². The van der Waals surface area contributed by atoms with Gasteiger partial charge in [0.25, 0.3) is 0 Å². The average molecular weight is 402 g/mol. The second-order valence-electron chi connectivity index (χ2n) is 7.07. The topological polar surface area (TPSA) is 91.4 Å². The highest BCUT2D eigenvalue weighted by Crippen LogP contribution is 2.28. The number of nitrogens with zero attached hydrogens (tertiary/aromatic N) is 1. The van der Waals surface area contributed by atoms with Crippen molar-refractivity contribution in [1.82, 2.24) is 4.90 Å². The lowest BCUT2D eigenvalue weighted by atomic mass is 9.98. The van der Waals surface area contributed by atoms with Crippen molar-refractivity contribution in [3.63, 3.8) is 0 Å². The van der Waals surface area contributed by atoms with Crippen LogP contribution in [-0.4, -0.2) is 43.3 Å². The number of likely N-dealkylation sites (tertiary alicyclic amines) is 1. The minimum absolute atomic E-state index is 0.0309. The predicted octanol–water partition coefficient (Wildman–Crippen LogP) is 3.34. The fraction of sp³-hybridized carbons (Fsp3) is 0.333. The molecule has 8 heteroatoms. The van der Waals surface area contributed by atoms with Crippen LogP contribution in [0.1, 0.15) is 30.0 Å². The molecule has 0 saturated carbocycles. The van der Waals surface area contributed by atoms with E-state index in [2.05, 4.69) is 5.32 Å². The molecule has 0 aliphatic carbocycles. The Kier molecular flexibility index (Phi) is 6.43. The van der Waals surface area contributed by atoms with Crippen LogP contribution in [0, 0.1) is 17.0 Å². The third kappa shape index (κ3) is 4.71. The van der Waals surface area contributed by atoms with Gasteiger partial charge in [0.05, 0.1) is 7.11 Å². The largest absolute Gasteiger partial charge is 0.468 e. The van der Waals surface area contributed by atoms with Crippen molar-refractivity contribution in [2.45, 2.75) is 24.9 Å². The number of carbonyl (C=O) groups excluding carboxylic acids is 1. The van der Waals surface area contributed by atoms with Crippen molar-refractivity contribution < 1.29 is 18.3 Å². The summed E-state index contributed by atoms with van der Waals surface area (Å²) in [5.74, 6) is -2.47. The maximum Gasteiger partial charge on any atom is 0.327 e. The maximum absolute atomic E-state index is 13.8. The Hall–Kier alpha value is -3.00. The number of ether oxygens (including phenoxy) is 1. The van der Waals surface area contributed by atoms with Crippen molar-refractivity contribution >= 4 is 23.6 Å². The predicted molar refractivity (Wildman–Crippen MR) is 108 cm³/mol. The third-order valence-electron chi connectivity index (χ3n) is 5.11. The monoisotopic (exact) mass is 402 g/mol. The Labute approximate surface area is 168 Å². The van der Waals surface area contributed by atoms with Crippen LogP contribution < -0.4 is 11.1 Å². The minimum Gasteiger partial charge on any atom is -0.468 e. The average Bonchev–Trinajstić information content (AvgIpc) is 2.72. The van der Waals surface area contributed by atoms with Gasteiger partial charge in [0.15, 0.2) is 11.6 Å². The molecule has 2 unspecified atom stereocenters. The van der Waals surface area contributed by atoms with Crippen LogP contribution in [0.3, 0.4) is 0 Å². The van der Waals surface area contributed by atoms with Crippen molar-refractivity contribution in [2.24, 2.45) is 0 Å². The highest BCUT2D eigenvalue weighted by Gasteiger charge is 2.33. The summed E-state index contributed by atoms with van der Waals surface area (Å²) in [5.41, 5.74) is 8.17. The van der Waals surface area contributed by atoms with Gasteiger partial charge in [-0.1, -0.05) is 6.07 Å². The summed E-state index contributed by atoms with van der Waals surface area (Å²) in [6, 6.07) is 8.07. The Morgan fingerprint density at radius 3 is 2.79 bits per heavy atom. The zero-order chi connectivity index (χ0) is 21.0. The first-order chi connectivity index (χ1) is 13.9. The number of esters is 1. The summed E-state index contributed by atoms with van der Waals surface area (Å²) in [4.78, 5) is 14.4. The number of methoxy groups -OCH3 is 1.